The molecule has 3 rings (SSSR count). The van der Waals surface area contributed by atoms with Gasteiger partial charge in [-0.1, -0.05) is 29.4 Å². The highest BCUT2D eigenvalue weighted by atomic mass is 32.2. The molecule has 0 atom stereocenters. The van der Waals surface area contributed by atoms with Crippen molar-refractivity contribution >= 4 is 26.5 Å². The Morgan fingerprint density at radius 3 is 2.57 bits per heavy atom. The zero-order valence-electron chi connectivity index (χ0n) is 11.0. The summed E-state index contributed by atoms with van der Waals surface area (Å²) in [6, 6.07) is 11.8. The normalized spacial score (nSPS) is 11.8. The van der Waals surface area contributed by atoms with Gasteiger partial charge in [0.05, 0.1) is 17.6 Å². The Balaban J connectivity index is 2.01. The summed E-state index contributed by atoms with van der Waals surface area (Å²) in [5, 5.41) is 4.82. The van der Waals surface area contributed by atoms with E-state index in [-0.39, 0.29) is 11.4 Å². The van der Waals surface area contributed by atoms with Crippen LogP contribution in [0.3, 0.4) is 0 Å². The summed E-state index contributed by atoms with van der Waals surface area (Å²) >= 11 is 0. The number of fused-ring (bicyclic) bond motifs is 1. The summed E-state index contributed by atoms with van der Waals surface area (Å²) in [7, 11) is -3.67. The first-order valence-electron chi connectivity index (χ1n) is 6.24. The van der Waals surface area contributed by atoms with Crippen LogP contribution in [0.1, 0.15) is 5.76 Å². The number of anilines is 1. The molecule has 1 heterocycles. The molecule has 1 aromatic heterocycles. The molecule has 6 nitrogen and oxygen atoms in total. The molecule has 7 heteroatoms. The largest absolute Gasteiger partial charge is 0.398 e. The van der Waals surface area contributed by atoms with Crippen molar-refractivity contribution in [1.82, 2.24) is 9.88 Å². The highest BCUT2D eigenvalue weighted by Crippen LogP contribution is 2.27. The molecule has 0 bridgehead atoms. The van der Waals surface area contributed by atoms with Crippen LogP contribution < -0.4 is 10.5 Å². The van der Waals surface area contributed by atoms with Crippen LogP contribution in [0.2, 0.25) is 0 Å². The van der Waals surface area contributed by atoms with Crippen molar-refractivity contribution in [2.75, 3.05) is 5.73 Å². The van der Waals surface area contributed by atoms with Crippen molar-refractivity contribution < 1.29 is 12.9 Å². The molecule has 0 spiro atoms. The maximum absolute atomic E-state index is 12.4. The molecule has 0 unspecified atom stereocenters. The smallest absolute Gasteiger partial charge is 0.241 e. The van der Waals surface area contributed by atoms with E-state index in [0.717, 1.165) is 0 Å². The van der Waals surface area contributed by atoms with Gasteiger partial charge in [-0.15, -0.1) is 0 Å². The van der Waals surface area contributed by atoms with E-state index in [2.05, 4.69) is 9.88 Å². The second kappa shape index (κ2) is 5.19. The van der Waals surface area contributed by atoms with E-state index in [1.54, 1.807) is 30.3 Å². The van der Waals surface area contributed by atoms with Gasteiger partial charge in [0, 0.05) is 22.5 Å². The van der Waals surface area contributed by atoms with Gasteiger partial charge in [0.1, 0.15) is 0 Å². The minimum absolute atomic E-state index is 0.0427. The Labute approximate surface area is 121 Å². The molecule has 21 heavy (non-hydrogen) atoms. The first-order valence-corrected chi connectivity index (χ1v) is 7.73. The van der Waals surface area contributed by atoms with Gasteiger partial charge >= 0.3 is 0 Å². The number of nitrogens with two attached hydrogens (primary N) is 1. The lowest BCUT2D eigenvalue weighted by molar-refractivity contribution is 0.380. The number of sulfonamides is 1. The summed E-state index contributed by atoms with van der Waals surface area (Å²) in [6.07, 6.45) is 1.46. The fourth-order valence-electron chi connectivity index (χ4n) is 2.11. The topological polar surface area (TPSA) is 98.2 Å². The standard InChI is InChI=1S/C14H13N3O3S/c15-13-5-6-14(12-4-2-1-3-11(12)13)21(18,19)17-9-10-7-8-16-20-10/h1-8,17H,9,15H2. The highest BCUT2D eigenvalue weighted by Gasteiger charge is 2.18. The minimum Gasteiger partial charge on any atom is -0.398 e. The van der Waals surface area contributed by atoms with Crippen molar-refractivity contribution in [2.24, 2.45) is 0 Å². The number of benzene rings is 2. The number of nitrogen functional groups attached to an aromatic ring is 1. The van der Waals surface area contributed by atoms with E-state index < -0.39 is 10.0 Å². The Kier molecular flexibility index (Phi) is 3.36. The molecule has 0 aliphatic rings. The molecular weight excluding hydrogens is 290 g/mol. The van der Waals surface area contributed by atoms with Crippen molar-refractivity contribution in [1.29, 1.82) is 0 Å². The average Bonchev–Trinajstić information content (AvgIpc) is 2.99. The zero-order chi connectivity index (χ0) is 14.9. The Morgan fingerprint density at radius 1 is 1.10 bits per heavy atom. The highest BCUT2D eigenvalue weighted by molar-refractivity contribution is 7.89. The number of hydrogen-bond acceptors (Lipinski definition) is 5. The fourth-order valence-corrected chi connectivity index (χ4v) is 3.31. The lowest BCUT2D eigenvalue weighted by Gasteiger charge is -2.10. The van der Waals surface area contributed by atoms with Crippen molar-refractivity contribution in [3.63, 3.8) is 0 Å². The number of nitrogens with one attached hydrogen (secondary N) is 1. The van der Waals surface area contributed by atoms with Crippen molar-refractivity contribution in [3.05, 3.63) is 54.4 Å². The van der Waals surface area contributed by atoms with Crippen LogP contribution in [0.4, 0.5) is 5.69 Å². The molecule has 0 aliphatic heterocycles. The van der Waals surface area contributed by atoms with Crippen LogP contribution in [-0.2, 0) is 16.6 Å². The van der Waals surface area contributed by atoms with Gasteiger partial charge in [-0.25, -0.2) is 13.1 Å². The van der Waals surface area contributed by atoms with Crippen LogP contribution in [0.15, 0.2) is 58.1 Å². The van der Waals surface area contributed by atoms with Gasteiger partial charge in [-0.3, -0.25) is 0 Å². The third kappa shape index (κ3) is 2.61. The van der Waals surface area contributed by atoms with E-state index in [4.69, 9.17) is 10.3 Å². The molecule has 108 valence electrons. The number of hydrogen-bond donors (Lipinski definition) is 2. The molecular formula is C14H13N3O3S. The number of rotatable bonds is 4. The predicted molar refractivity (Wildman–Crippen MR) is 78.9 cm³/mol. The molecule has 0 fully saturated rings. The van der Waals surface area contributed by atoms with Gasteiger partial charge in [-0.05, 0) is 12.1 Å². The maximum atomic E-state index is 12.4. The van der Waals surface area contributed by atoms with Gasteiger partial charge in [-0.2, -0.15) is 0 Å². The second-order valence-electron chi connectivity index (χ2n) is 4.50. The number of aromatic nitrogens is 1. The first-order chi connectivity index (χ1) is 10.1. The summed E-state index contributed by atoms with van der Waals surface area (Å²) in [5.74, 6) is 0.443. The van der Waals surface area contributed by atoms with Gasteiger partial charge in [0.15, 0.2) is 5.76 Å². The molecule has 0 amide bonds. The van der Waals surface area contributed by atoms with Crippen LogP contribution in [0.25, 0.3) is 10.8 Å². The summed E-state index contributed by atoms with van der Waals surface area (Å²) in [4.78, 5) is 0.187. The van der Waals surface area contributed by atoms with Crippen molar-refractivity contribution in [2.45, 2.75) is 11.4 Å². The molecule has 3 N–H and O–H groups in total. The summed E-state index contributed by atoms with van der Waals surface area (Å²) in [5.41, 5.74) is 6.42. The van der Waals surface area contributed by atoms with Crippen LogP contribution in [0.5, 0.6) is 0 Å². The molecule has 0 saturated carbocycles. The predicted octanol–water partition coefficient (Wildman–Crippen LogP) is 1.89. The zero-order valence-corrected chi connectivity index (χ0v) is 11.8. The van der Waals surface area contributed by atoms with E-state index in [1.807, 2.05) is 6.07 Å². The lowest BCUT2D eigenvalue weighted by atomic mass is 10.1. The van der Waals surface area contributed by atoms with Gasteiger partial charge < -0.3 is 10.3 Å². The number of nitrogens with zero attached hydrogens (tertiary/aromatic N) is 1. The quantitative estimate of drug-likeness (QED) is 0.717. The van der Waals surface area contributed by atoms with Crippen molar-refractivity contribution in [3.8, 4) is 0 Å². The van der Waals surface area contributed by atoms with E-state index in [9.17, 15) is 8.42 Å². The van der Waals surface area contributed by atoms with E-state index in [0.29, 0.717) is 22.2 Å². The fraction of sp³-hybridized carbons (Fsp3) is 0.0714. The molecule has 2 aromatic carbocycles. The van der Waals surface area contributed by atoms with E-state index in [1.165, 1.54) is 12.3 Å². The van der Waals surface area contributed by atoms with E-state index >= 15 is 0 Å². The third-order valence-corrected chi connectivity index (χ3v) is 4.59. The second-order valence-corrected chi connectivity index (χ2v) is 6.24. The van der Waals surface area contributed by atoms with Crippen LogP contribution >= 0.6 is 0 Å². The monoisotopic (exact) mass is 303 g/mol. The van der Waals surface area contributed by atoms with Gasteiger partial charge in [0.2, 0.25) is 10.0 Å². The first kappa shape index (κ1) is 13.6. The lowest BCUT2D eigenvalue weighted by Crippen LogP contribution is -2.23. The average molecular weight is 303 g/mol. The summed E-state index contributed by atoms with van der Waals surface area (Å²) in [6.45, 7) is 0.0427. The van der Waals surface area contributed by atoms with Crippen LogP contribution in [0, 0.1) is 0 Å². The Morgan fingerprint density at radius 2 is 1.86 bits per heavy atom. The SMILES string of the molecule is Nc1ccc(S(=O)(=O)NCc2ccno2)c2ccccc12. The third-order valence-electron chi connectivity index (χ3n) is 3.13. The molecule has 0 saturated heterocycles. The molecule has 3 aromatic rings. The molecule has 0 aliphatic carbocycles. The Hall–Kier alpha value is -2.38. The van der Waals surface area contributed by atoms with Gasteiger partial charge in [0.25, 0.3) is 0 Å². The maximum Gasteiger partial charge on any atom is 0.241 e. The minimum atomic E-state index is -3.67. The summed E-state index contributed by atoms with van der Waals surface area (Å²) < 4.78 is 32.2. The molecule has 0 radical (unpaired) electrons. The Bertz CT molecular complexity index is 874. The van der Waals surface area contributed by atoms with Crippen LogP contribution in [-0.4, -0.2) is 13.6 Å².